The van der Waals surface area contributed by atoms with E-state index in [1.807, 2.05) is 0 Å². The molecule has 2 N–H and O–H groups in total. The third kappa shape index (κ3) is 1.41. The predicted octanol–water partition coefficient (Wildman–Crippen LogP) is 3.33. The van der Waals surface area contributed by atoms with Crippen LogP contribution in [0.1, 0.15) is 55.6 Å². The molecule has 0 bridgehead atoms. The topological polar surface area (TPSA) is 26.0 Å². The number of benzene rings is 1. The van der Waals surface area contributed by atoms with E-state index in [4.69, 9.17) is 5.73 Å². The van der Waals surface area contributed by atoms with E-state index < -0.39 is 0 Å². The van der Waals surface area contributed by atoms with Crippen LogP contribution < -0.4 is 5.73 Å². The first-order chi connectivity index (χ1) is 7.86. The van der Waals surface area contributed by atoms with Gasteiger partial charge in [0.2, 0.25) is 0 Å². The summed E-state index contributed by atoms with van der Waals surface area (Å²) in [6.45, 7) is 0.828. The van der Waals surface area contributed by atoms with Gasteiger partial charge in [0, 0.05) is 0 Å². The van der Waals surface area contributed by atoms with Crippen molar-refractivity contribution in [3.05, 3.63) is 35.4 Å². The molecule has 16 heavy (non-hydrogen) atoms. The normalized spacial score (nSPS) is 26.2. The van der Waals surface area contributed by atoms with Crippen molar-refractivity contribution in [2.75, 3.05) is 6.54 Å². The van der Waals surface area contributed by atoms with E-state index in [-0.39, 0.29) is 0 Å². The van der Waals surface area contributed by atoms with Gasteiger partial charge in [-0.15, -0.1) is 0 Å². The second-order valence-electron chi connectivity index (χ2n) is 5.55. The zero-order valence-electron chi connectivity index (χ0n) is 9.91. The molecule has 1 spiro atoms. The van der Waals surface area contributed by atoms with Crippen LogP contribution in [0.15, 0.2) is 24.3 Å². The van der Waals surface area contributed by atoms with Crippen LogP contribution in [0.25, 0.3) is 0 Å². The maximum atomic E-state index is 5.75. The zero-order valence-corrected chi connectivity index (χ0v) is 9.91. The summed E-state index contributed by atoms with van der Waals surface area (Å²) in [5.74, 6) is 0.735. The van der Waals surface area contributed by atoms with Gasteiger partial charge in [-0.1, -0.05) is 37.1 Å². The third-order valence-corrected chi connectivity index (χ3v) is 4.68. The summed E-state index contributed by atoms with van der Waals surface area (Å²) in [5.41, 5.74) is 9.56. The standard InChI is InChI=1S/C15H21N/c16-10-7-12-11-15(8-3-4-9-15)14-6-2-1-5-13(12)14/h1-2,5-6,12H,3-4,7-11,16H2. The Morgan fingerprint density at radius 3 is 2.69 bits per heavy atom. The van der Waals surface area contributed by atoms with Gasteiger partial charge < -0.3 is 5.73 Å². The minimum absolute atomic E-state index is 0.538. The Kier molecular flexibility index (Phi) is 2.51. The maximum absolute atomic E-state index is 5.75. The summed E-state index contributed by atoms with van der Waals surface area (Å²) in [6.07, 6.45) is 8.19. The van der Waals surface area contributed by atoms with Crippen LogP contribution in [0.5, 0.6) is 0 Å². The lowest BCUT2D eigenvalue weighted by Crippen LogP contribution is -2.18. The first kappa shape index (κ1) is 10.3. The summed E-state index contributed by atoms with van der Waals surface area (Å²) in [7, 11) is 0. The second-order valence-corrected chi connectivity index (χ2v) is 5.55. The van der Waals surface area contributed by atoms with Gasteiger partial charge >= 0.3 is 0 Å². The quantitative estimate of drug-likeness (QED) is 0.804. The summed E-state index contributed by atoms with van der Waals surface area (Å²) in [4.78, 5) is 0. The molecular weight excluding hydrogens is 194 g/mol. The molecule has 86 valence electrons. The Bertz CT molecular complexity index is 377. The van der Waals surface area contributed by atoms with Crippen molar-refractivity contribution >= 4 is 0 Å². The van der Waals surface area contributed by atoms with Crippen molar-refractivity contribution in [3.8, 4) is 0 Å². The number of nitrogens with two attached hydrogens (primary N) is 1. The third-order valence-electron chi connectivity index (χ3n) is 4.68. The molecule has 1 aromatic carbocycles. The molecule has 1 heteroatoms. The molecule has 0 aromatic heterocycles. The molecule has 2 aliphatic carbocycles. The maximum Gasteiger partial charge on any atom is -0.00383 e. The number of hydrogen-bond acceptors (Lipinski definition) is 1. The molecule has 0 heterocycles. The Morgan fingerprint density at radius 2 is 1.94 bits per heavy atom. The summed E-state index contributed by atoms with van der Waals surface area (Å²) >= 11 is 0. The highest BCUT2D eigenvalue weighted by Gasteiger charge is 2.44. The van der Waals surface area contributed by atoms with Crippen molar-refractivity contribution < 1.29 is 0 Å². The lowest BCUT2D eigenvalue weighted by Gasteiger charge is -2.24. The van der Waals surface area contributed by atoms with Gasteiger partial charge in [-0.05, 0) is 54.7 Å². The Morgan fingerprint density at radius 1 is 1.19 bits per heavy atom. The highest BCUT2D eigenvalue weighted by molar-refractivity contribution is 5.43. The lowest BCUT2D eigenvalue weighted by atomic mass is 9.79. The molecule has 1 unspecified atom stereocenters. The predicted molar refractivity (Wildman–Crippen MR) is 67.6 cm³/mol. The number of rotatable bonds is 2. The van der Waals surface area contributed by atoms with Gasteiger partial charge in [0.15, 0.2) is 0 Å². The molecule has 3 rings (SSSR count). The smallest absolute Gasteiger partial charge is 0.00383 e. The monoisotopic (exact) mass is 215 g/mol. The zero-order chi connectivity index (χ0) is 11.0. The highest BCUT2D eigenvalue weighted by atomic mass is 14.5. The molecule has 0 amide bonds. The van der Waals surface area contributed by atoms with Gasteiger partial charge in [0.05, 0.1) is 0 Å². The SMILES string of the molecule is NCCC1CC2(CCCC2)c2ccccc21. The summed E-state index contributed by atoms with van der Waals surface area (Å²) < 4.78 is 0. The van der Waals surface area contributed by atoms with Crippen molar-refractivity contribution in [1.29, 1.82) is 0 Å². The fourth-order valence-electron chi connectivity index (χ4n) is 4.01. The molecule has 1 aromatic rings. The molecular formula is C15H21N. The highest BCUT2D eigenvalue weighted by Crippen LogP contribution is 2.55. The van der Waals surface area contributed by atoms with Crippen LogP contribution in [-0.2, 0) is 5.41 Å². The molecule has 2 aliphatic rings. The molecule has 1 atom stereocenters. The Balaban J connectivity index is 2.01. The van der Waals surface area contributed by atoms with Crippen LogP contribution in [0, 0.1) is 0 Å². The number of hydrogen-bond donors (Lipinski definition) is 1. The van der Waals surface area contributed by atoms with Gasteiger partial charge in [0.1, 0.15) is 0 Å². The van der Waals surface area contributed by atoms with Gasteiger partial charge in [-0.25, -0.2) is 0 Å². The second kappa shape index (κ2) is 3.89. The van der Waals surface area contributed by atoms with E-state index >= 15 is 0 Å². The molecule has 0 saturated heterocycles. The van der Waals surface area contributed by atoms with Crippen LogP contribution in [0.2, 0.25) is 0 Å². The lowest BCUT2D eigenvalue weighted by molar-refractivity contribution is 0.401. The Labute approximate surface area is 98.0 Å². The largest absolute Gasteiger partial charge is 0.330 e. The molecule has 1 saturated carbocycles. The van der Waals surface area contributed by atoms with E-state index in [1.54, 1.807) is 11.1 Å². The summed E-state index contributed by atoms with van der Waals surface area (Å²) in [5, 5.41) is 0. The van der Waals surface area contributed by atoms with E-state index in [0.717, 1.165) is 12.5 Å². The van der Waals surface area contributed by atoms with Crippen LogP contribution in [0.4, 0.5) is 0 Å². The first-order valence-electron chi connectivity index (χ1n) is 6.65. The molecule has 0 aliphatic heterocycles. The van der Waals surface area contributed by atoms with Crippen LogP contribution >= 0.6 is 0 Å². The van der Waals surface area contributed by atoms with Crippen molar-refractivity contribution in [2.24, 2.45) is 5.73 Å². The first-order valence-corrected chi connectivity index (χ1v) is 6.65. The van der Waals surface area contributed by atoms with Crippen molar-refractivity contribution in [2.45, 2.75) is 49.9 Å². The molecule has 0 radical (unpaired) electrons. The fraction of sp³-hybridized carbons (Fsp3) is 0.600. The average molecular weight is 215 g/mol. The van der Waals surface area contributed by atoms with E-state index in [9.17, 15) is 0 Å². The van der Waals surface area contributed by atoms with Gasteiger partial charge in [-0.2, -0.15) is 0 Å². The van der Waals surface area contributed by atoms with Crippen LogP contribution in [0.3, 0.4) is 0 Å². The Hall–Kier alpha value is -0.820. The van der Waals surface area contributed by atoms with Crippen molar-refractivity contribution in [1.82, 2.24) is 0 Å². The average Bonchev–Trinajstić information content (AvgIpc) is 2.89. The van der Waals surface area contributed by atoms with E-state index in [0.29, 0.717) is 5.41 Å². The van der Waals surface area contributed by atoms with Crippen molar-refractivity contribution in [3.63, 3.8) is 0 Å². The molecule has 1 nitrogen and oxygen atoms in total. The minimum atomic E-state index is 0.538. The van der Waals surface area contributed by atoms with Gasteiger partial charge in [-0.3, -0.25) is 0 Å². The minimum Gasteiger partial charge on any atom is -0.330 e. The molecule has 1 fully saturated rings. The van der Waals surface area contributed by atoms with Gasteiger partial charge in [0.25, 0.3) is 0 Å². The summed E-state index contributed by atoms with van der Waals surface area (Å²) in [6, 6.07) is 9.11. The fourth-order valence-corrected chi connectivity index (χ4v) is 4.01. The van der Waals surface area contributed by atoms with E-state index in [2.05, 4.69) is 24.3 Å². The van der Waals surface area contributed by atoms with E-state index in [1.165, 1.54) is 38.5 Å². The number of fused-ring (bicyclic) bond motifs is 2. The van der Waals surface area contributed by atoms with Crippen LogP contribution in [-0.4, -0.2) is 6.54 Å².